The molecule has 3 nitrogen and oxygen atoms in total. The van der Waals surface area contributed by atoms with Gasteiger partial charge >= 0.3 is 0 Å². The standard InChI is InChI=1S/C12H19NO2/c1-2-11(14)13-12(9-3-4-9)10-5-7-15-8-6-10/h2,9-10,12H,1,3-8H2,(H,13,14). The van der Waals surface area contributed by atoms with E-state index in [1.165, 1.54) is 18.9 Å². The Bertz CT molecular complexity index is 242. The highest BCUT2D eigenvalue weighted by Gasteiger charge is 2.37. The van der Waals surface area contributed by atoms with Gasteiger partial charge in [0.1, 0.15) is 0 Å². The second-order valence-electron chi connectivity index (χ2n) is 4.53. The summed E-state index contributed by atoms with van der Waals surface area (Å²) in [5.41, 5.74) is 0. The van der Waals surface area contributed by atoms with Crippen molar-refractivity contribution in [2.45, 2.75) is 31.7 Å². The van der Waals surface area contributed by atoms with Gasteiger partial charge in [0, 0.05) is 19.3 Å². The van der Waals surface area contributed by atoms with Crippen LogP contribution in [0.15, 0.2) is 12.7 Å². The Hall–Kier alpha value is -0.830. The molecule has 1 amide bonds. The van der Waals surface area contributed by atoms with Crippen LogP contribution in [0.4, 0.5) is 0 Å². The van der Waals surface area contributed by atoms with Gasteiger partial charge in [-0.05, 0) is 43.6 Å². The smallest absolute Gasteiger partial charge is 0.243 e. The highest BCUT2D eigenvalue weighted by atomic mass is 16.5. The van der Waals surface area contributed by atoms with Gasteiger partial charge in [0.25, 0.3) is 0 Å². The maximum Gasteiger partial charge on any atom is 0.243 e. The average Bonchev–Trinajstić information content (AvgIpc) is 3.10. The number of ether oxygens (including phenoxy) is 1. The zero-order valence-corrected chi connectivity index (χ0v) is 9.08. The molecule has 84 valence electrons. The summed E-state index contributed by atoms with van der Waals surface area (Å²) in [5.74, 6) is 1.28. The van der Waals surface area contributed by atoms with Crippen molar-refractivity contribution in [3.05, 3.63) is 12.7 Å². The summed E-state index contributed by atoms with van der Waals surface area (Å²) in [7, 11) is 0. The lowest BCUT2D eigenvalue weighted by molar-refractivity contribution is -0.118. The monoisotopic (exact) mass is 209 g/mol. The Morgan fingerprint density at radius 1 is 1.27 bits per heavy atom. The first-order valence-electron chi connectivity index (χ1n) is 5.82. The average molecular weight is 209 g/mol. The fourth-order valence-corrected chi connectivity index (χ4v) is 2.37. The SMILES string of the molecule is C=CC(=O)NC(C1CCOCC1)C1CC1. The number of rotatable bonds is 4. The molecule has 2 rings (SSSR count). The Kier molecular flexibility index (Phi) is 3.41. The first kappa shape index (κ1) is 10.7. The zero-order valence-electron chi connectivity index (χ0n) is 9.08. The second kappa shape index (κ2) is 4.79. The van der Waals surface area contributed by atoms with E-state index < -0.39 is 0 Å². The van der Waals surface area contributed by atoms with Crippen molar-refractivity contribution in [2.24, 2.45) is 11.8 Å². The van der Waals surface area contributed by atoms with Crippen LogP contribution in [-0.2, 0) is 9.53 Å². The number of carbonyl (C=O) groups is 1. The van der Waals surface area contributed by atoms with Gasteiger partial charge in [0.15, 0.2) is 0 Å². The molecule has 3 heteroatoms. The van der Waals surface area contributed by atoms with Crippen molar-refractivity contribution in [1.29, 1.82) is 0 Å². The van der Waals surface area contributed by atoms with E-state index in [4.69, 9.17) is 4.74 Å². The third kappa shape index (κ3) is 2.81. The third-order valence-electron chi connectivity index (χ3n) is 3.40. The van der Waals surface area contributed by atoms with E-state index in [0.717, 1.165) is 26.1 Å². The number of nitrogens with one attached hydrogen (secondary N) is 1. The molecule has 1 aliphatic heterocycles. The molecular weight excluding hydrogens is 190 g/mol. The fourth-order valence-electron chi connectivity index (χ4n) is 2.37. The van der Waals surface area contributed by atoms with Crippen LogP contribution in [0, 0.1) is 11.8 Å². The summed E-state index contributed by atoms with van der Waals surface area (Å²) in [4.78, 5) is 11.3. The minimum absolute atomic E-state index is 0.0293. The van der Waals surface area contributed by atoms with Crippen molar-refractivity contribution in [1.82, 2.24) is 5.32 Å². The van der Waals surface area contributed by atoms with Gasteiger partial charge in [-0.15, -0.1) is 0 Å². The molecular formula is C12H19NO2. The number of carbonyl (C=O) groups excluding carboxylic acids is 1. The van der Waals surface area contributed by atoms with Crippen molar-refractivity contribution >= 4 is 5.91 Å². The van der Waals surface area contributed by atoms with E-state index in [2.05, 4.69) is 11.9 Å². The van der Waals surface area contributed by atoms with Gasteiger partial charge in [-0.1, -0.05) is 6.58 Å². The molecule has 1 aliphatic carbocycles. The van der Waals surface area contributed by atoms with Crippen molar-refractivity contribution in [2.75, 3.05) is 13.2 Å². The second-order valence-corrected chi connectivity index (χ2v) is 4.53. The van der Waals surface area contributed by atoms with E-state index in [-0.39, 0.29) is 5.91 Å². The normalized spacial score (nSPS) is 24.5. The van der Waals surface area contributed by atoms with E-state index in [0.29, 0.717) is 17.9 Å². The van der Waals surface area contributed by atoms with Crippen LogP contribution in [0.25, 0.3) is 0 Å². The van der Waals surface area contributed by atoms with Crippen LogP contribution >= 0.6 is 0 Å². The molecule has 1 atom stereocenters. The molecule has 0 radical (unpaired) electrons. The molecule has 0 spiro atoms. The van der Waals surface area contributed by atoms with Crippen molar-refractivity contribution in [3.8, 4) is 0 Å². The first-order chi connectivity index (χ1) is 7.31. The lowest BCUT2D eigenvalue weighted by Crippen LogP contribution is -2.43. The molecule has 1 saturated heterocycles. The van der Waals surface area contributed by atoms with Gasteiger partial charge in [-0.2, -0.15) is 0 Å². The topological polar surface area (TPSA) is 38.3 Å². The summed E-state index contributed by atoms with van der Waals surface area (Å²) in [6.45, 7) is 5.19. The van der Waals surface area contributed by atoms with Gasteiger partial charge in [0.2, 0.25) is 5.91 Å². The van der Waals surface area contributed by atoms with Crippen LogP contribution in [0.1, 0.15) is 25.7 Å². The first-order valence-corrected chi connectivity index (χ1v) is 5.82. The molecule has 1 heterocycles. The molecule has 0 aromatic rings. The predicted molar refractivity (Wildman–Crippen MR) is 58.4 cm³/mol. The Morgan fingerprint density at radius 2 is 1.87 bits per heavy atom. The molecule has 1 saturated carbocycles. The van der Waals surface area contributed by atoms with E-state index in [1.54, 1.807) is 0 Å². The van der Waals surface area contributed by atoms with Gasteiger partial charge in [-0.25, -0.2) is 0 Å². The fraction of sp³-hybridized carbons (Fsp3) is 0.750. The number of hydrogen-bond donors (Lipinski definition) is 1. The highest BCUT2D eigenvalue weighted by Crippen LogP contribution is 2.38. The van der Waals surface area contributed by atoms with E-state index >= 15 is 0 Å². The Labute approximate surface area is 90.9 Å². The van der Waals surface area contributed by atoms with Gasteiger partial charge < -0.3 is 10.1 Å². The maximum absolute atomic E-state index is 11.3. The van der Waals surface area contributed by atoms with Crippen molar-refractivity contribution in [3.63, 3.8) is 0 Å². The van der Waals surface area contributed by atoms with Gasteiger partial charge in [-0.3, -0.25) is 4.79 Å². The minimum atomic E-state index is -0.0293. The predicted octanol–water partition coefficient (Wildman–Crippen LogP) is 1.49. The molecule has 0 bridgehead atoms. The lowest BCUT2D eigenvalue weighted by Gasteiger charge is -2.30. The molecule has 15 heavy (non-hydrogen) atoms. The van der Waals surface area contributed by atoms with Gasteiger partial charge in [0.05, 0.1) is 0 Å². The van der Waals surface area contributed by atoms with Crippen LogP contribution in [0.3, 0.4) is 0 Å². The number of amides is 1. The van der Waals surface area contributed by atoms with Crippen LogP contribution in [-0.4, -0.2) is 25.2 Å². The minimum Gasteiger partial charge on any atom is -0.381 e. The quantitative estimate of drug-likeness (QED) is 0.712. The van der Waals surface area contributed by atoms with Crippen LogP contribution in [0.5, 0.6) is 0 Å². The Balaban J connectivity index is 1.92. The molecule has 1 unspecified atom stereocenters. The third-order valence-corrected chi connectivity index (χ3v) is 3.40. The maximum atomic E-state index is 11.3. The molecule has 0 aromatic heterocycles. The summed E-state index contributed by atoms with van der Waals surface area (Å²) in [6.07, 6.45) is 6.06. The summed E-state index contributed by atoms with van der Waals surface area (Å²) in [6, 6.07) is 0.361. The molecule has 1 N–H and O–H groups in total. The highest BCUT2D eigenvalue weighted by molar-refractivity contribution is 5.87. The van der Waals surface area contributed by atoms with E-state index in [9.17, 15) is 4.79 Å². The Morgan fingerprint density at radius 3 is 2.40 bits per heavy atom. The van der Waals surface area contributed by atoms with Crippen LogP contribution in [0.2, 0.25) is 0 Å². The zero-order chi connectivity index (χ0) is 10.7. The van der Waals surface area contributed by atoms with E-state index in [1.807, 2.05) is 0 Å². The number of hydrogen-bond acceptors (Lipinski definition) is 2. The molecule has 0 aromatic carbocycles. The molecule has 2 aliphatic rings. The summed E-state index contributed by atoms with van der Waals surface area (Å²) >= 11 is 0. The molecule has 2 fully saturated rings. The van der Waals surface area contributed by atoms with Crippen LogP contribution < -0.4 is 5.32 Å². The van der Waals surface area contributed by atoms with Crippen molar-refractivity contribution < 1.29 is 9.53 Å². The summed E-state index contributed by atoms with van der Waals surface area (Å²) in [5, 5.41) is 3.09. The lowest BCUT2D eigenvalue weighted by atomic mass is 9.88. The summed E-state index contributed by atoms with van der Waals surface area (Å²) < 4.78 is 5.35. The largest absolute Gasteiger partial charge is 0.381 e.